The molecule has 144 valence electrons. The van der Waals surface area contributed by atoms with Crippen LogP contribution in [0.1, 0.15) is 96.8 Å². The third-order valence-corrected chi connectivity index (χ3v) is 4.74. The molecule has 24 heavy (non-hydrogen) atoms. The van der Waals surface area contributed by atoms with E-state index < -0.39 is 5.97 Å². The molecule has 0 fully saturated rings. The number of aliphatic hydroxyl groups is 1. The SMILES string of the molecule is CCCCCCC(O)CCC(CCCCCCCCOC)C(=O)O. The Hall–Kier alpha value is -0.610. The first-order chi connectivity index (χ1) is 11.6. The van der Waals surface area contributed by atoms with Crippen LogP contribution in [-0.2, 0) is 9.53 Å². The Morgan fingerprint density at radius 1 is 0.833 bits per heavy atom. The smallest absolute Gasteiger partial charge is 0.306 e. The maximum Gasteiger partial charge on any atom is 0.306 e. The molecule has 0 rings (SSSR count). The molecule has 2 atom stereocenters. The van der Waals surface area contributed by atoms with Crippen molar-refractivity contribution in [2.45, 2.75) is 103 Å². The van der Waals surface area contributed by atoms with Crippen molar-refractivity contribution in [3.8, 4) is 0 Å². The summed E-state index contributed by atoms with van der Waals surface area (Å²) < 4.78 is 5.02. The highest BCUT2D eigenvalue weighted by molar-refractivity contribution is 5.69. The number of aliphatic hydroxyl groups excluding tert-OH is 1. The fraction of sp³-hybridized carbons (Fsp3) is 0.950. The van der Waals surface area contributed by atoms with Crippen LogP contribution in [-0.4, -0.2) is 36.0 Å². The highest BCUT2D eigenvalue weighted by atomic mass is 16.5. The largest absolute Gasteiger partial charge is 0.481 e. The average molecular weight is 345 g/mol. The van der Waals surface area contributed by atoms with Gasteiger partial charge in [-0.2, -0.15) is 0 Å². The van der Waals surface area contributed by atoms with Crippen LogP contribution >= 0.6 is 0 Å². The highest BCUT2D eigenvalue weighted by Crippen LogP contribution is 2.20. The van der Waals surface area contributed by atoms with Crippen LogP contribution in [0.25, 0.3) is 0 Å². The van der Waals surface area contributed by atoms with E-state index in [0.29, 0.717) is 12.8 Å². The van der Waals surface area contributed by atoms with Crippen LogP contribution in [0.15, 0.2) is 0 Å². The first kappa shape index (κ1) is 23.4. The van der Waals surface area contributed by atoms with Gasteiger partial charge in [0, 0.05) is 13.7 Å². The lowest BCUT2D eigenvalue weighted by Gasteiger charge is -2.15. The van der Waals surface area contributed by atoms with E-state index in [-0.39, 0.29) is 12.0 Å². The van der Waals surface area contributed by atoms with Gasteiger partial charge in [0.1, 0.15) is 0 Å². The third-order valence-electron chi connectivity index (χ3n) is 4.74. The monoisotopic (exact) mass is 344 g/mol. The van der Waals surface area contributed by atoms with Gasteiger partial charge in [-0.05, 0) is 32.1 Å². The second kappa shape index (κ2) is 17.2. The van der Waals surface area contributed by atoms with Gasteiger partial charge in [-0.1, -0.05) is 64.7 Å². The van der Waals surface area contributed by atoms with Crippen molar-refractivity contribution < 1.29 is 19.7 Å². The quantitative estimate of drug-likeness (QED) is 0.336. The topological polar surface area (TPSA) is 66.8 Å². The highest BCUT2D eigenvalue weighted by Gasteiger charge is 2.18. The summed E-state index contributed by atoms with van der Waals surface area (Å²) in [7, 11) is 1.73. The Bertz CT molecular complexity index is 281. The molecule has 0 aromatic heterocycles. The Morgan fingerprint density at radius 2 is 1.42 bits per heavy atom. The van der Waals surface area contributed by atoms with Gasteiger partial charge in [0.2, 0.25) is 0 Å². The number of carboxylic acids is 1. The first-order valence-corrected chi connectivity index (χ1v) is 10.0. The number of hydrogen-bond donors (Lipinski definition) is 2. The number of rotatable bonds is 18. The van der Waals surface area contributed by atoms with Crippen LogP contribution in [0.5, 0.6) is 0 Å². The van der Waals surface area contributed by atoms with Crippen LogP contribution < -0.4 is 0 Å². The molecular formula is C20H40O4. The third kappa shape index (κ3) is 14.9. The number of methoxy groups -OCH3 is 1. The lowest BCUT2D eigenvalue weighted by Crippen LogP contribution is -2.17. The van der Waals surface area contributed by atoms with Gasteiger partial charge in [0.15, 0.2) is 0 Å². The number of hydrogen-bond acceptors (Lipinski definition) is 3. The zero-order valence-electron chi connectivity index (χ0n) is 16.0. The molecule has 0 spiro atoms. The maximum atomic E-state index is 11.4. The zero-order valence-corrected chi connectivity index (χ0v) is 16.0. The molecular weight excluding hydrogens is 304 g/mol. The normalized spacial score (nSPS) is 13.8. The van der Waals surface area contributed by atoms with E-state index in [1.165, 1.54) is 38.5 Å². The van der Waals surface area contributed by atoms with Crippen LogP contribution in [0.2, 0.25) is 0 Å². The molecule has 0 saturated carbocycles. The van der Waals surface area contributed by atoms with Crippen LogP contribution in [0.4, 0.5) is 0 Å². The summed E-state index contributed by atoms with van der Waals surface area (Å²) in [6.07, 6.45) is 13.9. The van der Waals surface area contributed by atoms with Gasteiger partial charge in [0.25, 0.3) is 0 Å². The Balaban J connectivity index is 3.68. The number of carbonyl (C=O) groups is 1. The van der Waals surface area contributed by atoms with E-state index in [2.05, 4.69) is 6.92 Å². The number of carboxylic acid groups (broad SMARTS) is 1. The maximum absolute atomic E-state index is 11.4. The lowest BCUT2D eigenvalue weighted by atomic mass is 9.93. The molecule has 4 heteroatoms. The number of aliphatic carboxylic acids is 1. The Kier molecular flexibility index (Phi) is 16.8. The fourth-order valence-electron chi connectivity index (χ4n) is 3.08. The summed E-state index contributed by atoms with van der Waals surface area (Å²) in [4.78, 5) is 11.4. The van der Waals surface area contributed by atoms with Gasteiger partial charge in [-0.25, -0.2) is 0 Å². The molecule has 0 saturated heterocycles. The van der Waals surface area contributed by atoms with E-state index >= 15 is 0 Å². The van der Waals surface area contributed by atoms with Crippen molar-refractivity contribution in [2.24, 2.45) is 5.92 Å². The molecule has 0 aliphatic heterocycles. The van der Waals surface area contributed by atoms with Crippen molar-refractivity contribution in [3.05, 3.63) is 0 Å². The minimum atomic E-state index is -0.701. The minimum Gasteiger partial charge on any atom is -0.481 e. The zero-order chi connectivity index (χ0) is 18.0. The standard InChI is InChI=1S/C20H40O4/c1-3-4-5-11-14-19(21)16-15-18(20(22)23)13-10-8-6-7-9-12-17-24-2/h18-19,21H,3-17H2,1-2H3,(H,22,23). The summed E-state index contributed by atoms with van der Waals surface area (Å²) in [5, 5.41) is 19.3. The van der Waals surface area contributed by atoms with Gasteiger partial charge in [-0.15, -0.1) is 0 Å². The van der Waals surface area contributed by atoms with Crippen molar-refractivity contribution in [1.82, 2.24) is 0 Å². The first-order valence-electron chi connectivity index (χ1n) is 10.0. The molecule has 0 aliphatic rings. The second-order valence-corrected chi connectivity index (χ2v) is 7.02. The van der Waals surface area contributed by atoms with E-state index in [4.69, 9.17) is 4.74 Å². The molecule has 0 bridgehead atoms. The molecule has 2 unspecified atom stereocenters. The molecule has 0 amide bonds. The summed E-state index contributed by atoms with van der Waals surface area (Å²) in [6, 6.07) is 0. The Labute approximate surface area is 149 Å². The van der Waals surface area contributed by atoms with E-state index in [9.17, 15) is 15.0 Å². The molecule has 0 aliphatic carbocycles. The lowest BCUT2D eigenvalue weighted by molar-refractivity contribution is -0.142. The van der Waals surface area contributed by atoms with Crippen molar-refractivity contribution in [1.29, 1.82) is 0 Å². The number of unbranched alkanes of at least 4 members (excludes halogenated alkanes) is 8. The van der Waals surface area contributed by atoms with Crippen molar-refractivity contribution in [3.63, 3.8) is 0 Å². The molecule has 4 nitrogen and oxygen atoms in total. The fourth-order valence-corrected chi connectivity index (χ4v) is 3.08. The summed E-state index contributed by atoms with van der Waals surface area (Å²) in [5.41, 5.74) is 0. The van der Waals surface area contributed by atoms with Gasteiger partial charge < -0.3 is 14.9 Å². The molecule has 0 aromatic carbocycles. The van der Waals surface area contributed by atoms with Crippen molar-refractivity contribution >= 4 is 5.97 Å². The summed E-state index contributed by atoms with van der Waals surface area (Å²) in [6.45, 7) is 3.01. The van der Waals surface area contributed by atoms with Gasteiger partial charge in [-0.3, -0.25) is 4.79 Å². The average Bonchev–Trinajstić information content (AvgIpc) is 2.56. The van der Waals surface area contributed by atoms with Crippen LogP contribution in [0.3, 0.4) is 0 Å². The molecule has 0 heterocycles. The molecule has 0 aromatic rings. The predicted octanol–water partition coefficient (Wildman–Crippen LogP) is 5.18. The summed E-state index contributed by atoms with van der Waals surface area (Å²) >= 11 is 0. The Morgan fingerprint density at radius 3 is 2.04 bits per heavy atom. The second-order valence-electron chi connectivity index (χ2n) is 7.02. The molecule has 2 N–H and O–H groups in total. The summed E-state index contributed by atoms with van der Waals surface area (Å²) in [5.74, 6) is -0.989. The van der Waals surface area contributed by atoms with Crippen molar-refractivity contribution in [2.75, 3.05) is 13.7 Å². The van der Waals surface area contributed by atoms with E-state index in [1.54, 1.807) is 7.11 Å². The number of ether oxygens (including phenoxy) is 1. The van der Waals surface area contributed by atoms with Gasteiger partial charge in [0.05, 0.1) is 12.0 Å². The van der Waals surface area contributed by atoms with E-state index in [0.717, 1.165) is 45.1 Å². The van der Waals surface area contributed by atoms with E-state index in [1.807, 2.05) is 0 Å². The van der Waals surface area contributed by atoms with Crippen LogP contribution in [0, 0.1) is 5.92 Å². The predicted molar refractivity (Wildman–Crippen MR) is 99.3 cm³/mol. The molecule has 0 radical (unpaired) electrons. The van der Waals surface area contributed by atoms with Gasteiger partial charge >= 0.3 is 5.97 Å². The minimum absolute atomic E-state index is 0.288.